The van der Waals surface area contributed by atoms with Crippen molar-refractivity contribution in [2.45, 2.75) is 23.6 Å². The molecule has 3 aromatic rings. The van der Waals surface area contributed by atoms with Crippen LogP contribution < -0.4 is 10.6 Å². The minimum atomic E-state index is -3.90. The monoisotopic (exact) mass is 458 g/mol. The van der Waals surface area contributed by atoms with Gasteiger partial charge in [-0.05, 0) is 6.07 Å². The Morgan fingerprint density at radius 1 is 1.40 bits per heavy atom. The highest BCUT2D eigenvalue weighted by molar-refractivity contribution is 7.91. The Balaban J connectivity index is 1.64. The van der Waals surface area contributed by atoms with E-state index in [2.05, 4.69) is 30.7 Å². The van der Waals surface area contributed by atoms with E-state index in [1.807, 2.05) is 0 Å². The summed E-state index contributed by atoms with van der Waals surface area (Å²) in [6, 6.07) is 0.586. The quantitative estimate of drug-likeness (QED) is 0.574. The molecule has 1 aliphatic rings. The van der Waals surface area contributed by atoms with Crippen molar-refractivity contribution in [1.82, 2.24) is 34.2 Å². The predicted molar refractivity (Wildman–Crippen MR) is 102 cm³/mol. The van der Waals surface area contributed by atoms with Gasteiger partial charge < -0.3 is 10.6 Å². The van der Waals surface area contributed by atoms with E-state index in [9.17, 15) is 22.0 Å². The van der Waals surface area contributed by atoms with Crippen LogP contribution in [-0.2, 0) is 14.8 Å². The maximum atomic E-state index is 13.2. The highest BCUT2D eigenvalue weighted by Gasteiger charge is 2.34. The number of nitrogens with zero attached hydrogens (tertiary/aromatic N) is 6. The van der Waals surface area contributed by atoms with Gasteiger partial charge >= 0.3 is 0 Å². The molecular formula is C15H16F2N8O3S2. The van der Waals surface area contributed by atoms with E-state index in [1.54, 1.807) is 0 Å². The van der Waals surface area contributed by atoms with Gasteiger partial charge in [-0.15, -0.1) is 0 Å². The molecule has 30 heavy (non-hydrogen) atoms. The fourth-order valence-corrected chi connectivity index (χ4v) is 5.76. The lowest BCUT2D eigenvalue weighted by atomic mass is 10.1. The molecule has 0 bridgehead atoms. The Labute approximate surface area is 173 Å². The van der Waals surface area contributed by atoms with Crippen molar-refractivity contribution in [2.75, 3.05) is 25.0 Å². The molecule has 11 nitrogen and oxygen atoms in total. The lowest BCUT2D eigenvalue weighted by molar-refractivity contribution is -0.114. The first kappa shape index (κ1) is 20.6. The molecule has 2 N–H and O–H groups in total. The average molecular weight is 458 g/mol. The number of rotatable bonds is 5. The van der Waals surface area contributed by atoms with Gasteiger partial charge in [-0.25, -0.2) is 27.2 Å². The van der Waals surface area contributed by atoms with Crippen molar-refractivity contribution in [3.63, 3.8) is 0 Å². The van der Waals surface area contributed by atoms with Gasteiger partial charge in [-0.2, -0.15) is 18.9 Å². The number of fused-ring (bicyclic) bond motifs is 1. The number of halogens is 2. The number of anilines is 1. The molecule has 0 spiro atoms. The normalized spacial score (nSPS) is 18.2. The molecule has 1 unspecified atom stereocenters. The largest absolute Gasteiger partial charge is 0.306 e. The molecule has 0 saturated carbocycles. The maximum Gasteiger partial charge on any atom is 0.280 e. The summed E-state index contributed by atoms with van der Waals surface area (Å²) in [6.07, 6.45) is -0.434. The second-order valence-electron chi connectivity index (χ2n) is 6.41. The summed E-state index contributed by atoms with van der Waals surface area (Å²) >= 11 is 0.839. The molecule has 3 aromatic heterocycles. The van der Waals surface area contributed by atoms with Crippen LogP contribution in [-0.4, -0.2) is 62.8 Å². The van der Waals surface area contributed by atoms with Crippen LogP contribution in [0.5, 0.6) is 0 Å². The molecule has 1 fully saturated rings. The fourth-order valence-electron chi connectivity index (χ4n) is 3.07. The summed E-state index contributed by atoms with van der Waals surface area (Å²) in [6.45, 7) is 1.75. The molecule has 4 heterocycles. The summed E-state index contributed by atoms with van der Waals surface area (Å²) in [4.78, 5) is 22.7. The highest BCUT2D eigenvalue weighted by Crippen LogP contribution is 2.29. The van der Waals surface area contributed by atoms with Crippen LogP contribution in [0.1, 0.15) is 30.8 Å². The van der Waals surface area contributed by atoms with Gasteiger partial charge in [0.2, 0.25) is 5.91 Å². The van der Waals surface area contributed by atoms with E-state index in [-0.39, 0.29) is 34.1 Å². The van der Waals surface area contributed by atoms with Gasteiger partial charge in [0.1, 0.15) is 12.0 Å². The van der Waals surface area contributed by atoms with Gasteiger partial charge in [-0.3, -0.25) is 4.79 Å². The summed E-state index contributed by atoms with van der Waals surface area (Å²) in [5.74, 6) is -0.355. The Morgan fingerprint density at radius 2 is 2.20 bits per heavy atom. The van der Waals surface area contributed by atoms with Gasteiger partial charge in [0.15, 0.2) is 9.34 Å². The zero-order valence-electron chi connectivity index (χ0n) is 15.5. The zero-order chi connectivity index (χ0) is 21.5. The standard InChI is InChI=1S/C15H16F2N8O3S2/c1-8(26)22-15-19-5-12(29-15)30(27,28)24-3-2-18-10(6-24)11-4-9(13(16)17)23-14-20-7-21-25(11)14/h4-5,7,10,13,18H,2-3,6H2,1H3,(H,19,22,26). The van der Waals surface area contributed by atoms with Gasteiger partial charge in [0.25, 0.3) is 22.2 Å². The minimum absolute atomic E-state index is 0.00647. The molecule has 1 saturated heterocycles. The second-order valence-corrected chi connectivity index (χ2v) is 9.61. The van der Waals surface area contributed by atoms with Crippen LogP contribution in [0.2, 0.25) is 0 Å². The lowest BCUT2D eigenvalue weighted by Gasteiger charge is -2.32. The Kier molecular flexibility index (Phi) is 5.44. The number of carbonyl (C=O) groups excluding carboxylic acids is 1. The number of alkyl halides is 2. The van der Waals surface area contributed by atoms with E-state index < -0.39 is 28.2 Å². The number of aromatic nitrogens is 5. The number of hydrogen-bond acceptors (Lipinski definition) is 9. The van der Waals surface area contributed by atoms with Crippen LogP contribution in [0.25, 0.3) is 5.78 Å². The SMILES string of the molecule is CC(=O)Nc1ncc(S(=O)(=O)N2CCNC(c3cc(C(F)F)nc4ncnn34)C2)s1. The lowest BCUT2D eigenvalue weighted by Crippen LogP contribution is -2.48. The third-order valence-electron chi connectivity index (χ3n) is 4.38. The average Bonchev–Trinajstić information content (AvgIpc) is 3.36. The van der Waals surface area contributed by atoms with Gasteiger partial charge in [0, 0.05) is 26.6 Å². The second kappa shape index (κ2) is 7.90. The van der Waals surface area contributed by atoms with Crippen molar-refractivity contribution in [3.8, 4) is 0 Å². The Morgan fingerprint density at radius 3 is 2.93 bits per heavy atom. The molecule has 1 atom stereocenters. The smallest absolute Gasteiger partial charge is 0.280 e. The summed E-state index contributed by atoms with van der Waals surface area (Å²) in [5, 5.41) is 9.76. The zero-order valence-corrected chi connectivity index (χ0v) is 17.1. The van der Waals surface area contributed by atoms with Crippen LogP contribution >= 0.6 is 11.3 Å². The van der Waals surface area contributed by atoms with E-state index in [0.29, 0.717) is 12.2 Å². The molecule has 0 aromatic carbocycles. The van der Waals surface area contributed by atoms with Crippen molar-refractivity contribution in [1.29, 1.82) is 0 Å². The van der Waals surface area contributed by atoms with Crippen molar-refractivity contribution < 1.29 is 22.0 Å². The minimum Gasteiger partial charge on any atom is -0.306 e. The van der Waals surface area contributed by atoms with Crippen LogP contribution in [0.4, 0.5) is 13.9 Å². The van der Waals surface area contributed by atoms with Crippen LogP contribution in [0.3, 0.4) is 0 Å². The number of thiazole rings is 1. The first-order valence-electron chi connectivity index (χ1n) is 8.71. The molecule has 1 aliphatic heterocycles. The predicted octanol–water partition coefficient (Wildman–Crippen LogP) is 0.812. The summed E-state index contributed by atoms with van der Waals surface area (Å²) < 4.78 is 55.1. The first-order chi connectivity index (χ1) is 14.3. The van der Waals surface area contributed by atoms with E-state index in [4.69, 9.17) is 0 Å². The van der Waals surface area contributed by atoms with Gasteiger partial charge in [-0.1, -0.05) is 11.3 Å². The first-order valence-corrected chi connectivity index (χ1v) is 11.0. The Hall–Kier alpha value is -2.62. The number of sulfonamides is 1. The summed E-state index contributed by atoms with van der Waals surface area (Å²) in [7, 11) is -3.90. The molecule has 15 heteroatoms. The maximum absolute atomic E-state index is 13.2. The molecule has 1 amide bonds. The topological polar surface area (TPSA) is 134 Å². The third-order valence-corrected chi connectivity index (χ3v) is 7.59. The highest BCUT2D eigenvalue weighted by atomic mass is 32.2. The molecular weight excluding hydrogens is 442 g/mol. The number of carbonyl (C=O) groups is 1. The Bertz CT molecular complexity index is 1200. The number of piperazine rings is 1. The van der Waals surface area contributed by atoms with Gasteiger partial charge in [0.05, 0.1) is 17.9 Å². The molecule has 0 radical (unpaired) electrons. The summed E-state index contributed by atoms with van der Waals surface area (Å²) in [5.41, 5.74) is -0.134. The van der Waals surface area contributed by atoms with Crippen LogP contribution in [0, 0.1) is 0 Å². The van der Waals surface area contributed by atoms with E-state index in [1.165, 1.54) is 34.3 Å². The number of hydrogen-bond donors (Lipinski definition) is 2. The number of amides is 1. The molecule has 160 valence electrons. The van der Waals surface area contributed by atoms with Crippen molar-refractivity contribution in [2.24, 2.45) is 0 Å². The molecule has 4 rings (SSSR count). The van der Waals surface area contributed by atoms with Crippen LogP contribution in [0.15, 0.2) is 22.8 Å². The third kappa shape index (κ3) is 3.88. The fraction of sp³-hybridized carbons (Fsp3) is 0.400. The van der Waals surface area contributed by atoms with Crippen molar-refractivity contribution >= 4 is 38.2 Å². The van der Waals surface area contributed by atoms with E-state index in [0.717, 1.165) is 11.3 Å². The van der Waals surface area contributed by atoms with E-state index >= 15 is 0 Å². The number of nitrogens with one attached hydrogen (secondary N) is 2. The molecule has 0 aliphatic carbocycles. The van der Waals surface area contributed by atoms with Crippen molar-refractivity contribution in [3.05, 3.63) is 30.0 Å².